The summed E-state index contributed by atoms with van der Waals surface area (Å²) in [7, 11) is 0. The van der Waals surface area contributed by atoms with Crippen molar-refractivity contribution in [1.82, 2.24) is 0 Å². The van der Waals surface area contributed by atoms with Crippen LogP contribution >= 0.6 is 0 Å². The Hall–Kier alpha value is -1.83. The predicted molar refractivity (Wildman–Crippen MR) is 65.5 cm³/mol. The third kappa shape index (κ3) is 1.44. The molecule has 2 aromatic rings. The van der Waals surface area contributed by atoms with Crippen molar-refractivity contribution in [3.8, 4) is 0 Å². The maximum absolute atomic E-state index is 12.5. The number of rotatable bonds is 0. The molecule has 86 valence electrons. The molecule has 0 radical (unpaired) electrons. The van der Waals surface area contributed by atoms with Crippen LogP contribution in [0, 0.1) is 13.8 Å². The van der Waals surface area contributed by atoms with Gasteiger partial charge in [-0.05, 0) is 32.3 Å². The van der Waals surface area contributed by atoms with Gasteiger partial charge >= 0.3 is 0 Å². The first-order valence-corrected chi connectivity index (χ1v) is 5.90. The minimum atomic E-state index is 0.113. The molecule has 2 heteroatoms. The van der Waals surface area contributed by atoms with Gasteiger partial charge in [0, 0.05) is 11.1 Å². The Morgan fingerprint density at radius 2 is 1.82 bits per heavy atom. The van der Waals surface area contributed by atoms with E-state index in [1.807, 2.05) is 38.1 Å². The van der Waals surface area contributed by atoms with Gasteiger partial charge in [-0.15, -0.1) is 0 Å². The molecule has 0 N–H and O–H groups in total. The number of carbonyl (C=O) groups excluding carboxylic acids is 1. The van der Waals surface area contributed by atoms with Gasteiger partial charge in [-0.2, -0.15) is 0 Å². The van der Waals surface area contributed by atoms with Crippen molar-refractivity contribution in [3.63, 3.8) is 0 Å². The van der Waals surface area contributed by atoms with E-state index in [0.717, 1.165) is 46.6 Å². The average molecular weight is 226 g/mol. The van der Waals surface area contributed by atoms with Crippen molar-refractivity contribution in [1.29, 1.82) is 0 Å². The normalized spacial score (nSPS) is 14.1. The highest BCUT2D eigenvalue weighted by Gasteiger charge is 2.26. The summed E-state index contributed by atoms with van der Waals surface area (Å²) in [6.07, 6.45) is 1.80. The van der Waals surface area contributed by atoms with Crippen LogP contribution in [0.25, 0.3) is 0 Å². The molecule has 3 rings (SSSR count). The first kappa shape index (κ1) is 10.3. The van der Waals surface area contributed by atoms with Crippen LogP contribution in [0.2, 0.25) is 0 Å². The summed E-state index contributed by atoms with van der Waals surface area (Å²) in [6.45, 7) is 3.81. The van der Waals surface area contributed by atoms with Crippen LogP contribution in [0.5, 0.6) is 0 Å². The van der Waals surface area contributed by atoms with E-state index in [4.69, 9.17) is 4.42 Å². The largest absolute Gasteiger partial charge is 0.466 e. The van der Waals surface area contributed by atoms with E-state index in [0.29, 0.717) is 0 Å². The summed E-state index contributed by atoms with van der Waals surface area (Å²) in [6, 6.07) is 7.87. The molecule has 0 saturated carbocycles. The van der Waals surface area contributed by atoms with Gasteiger partial charge in [0.2, 0.25) is 0 Å². The fourth-order valence-corrected chi connectivity index (χ4v) is 2.68. The van der Waals surface area contributed by atoms with E-state index in [1.54, 1.807) is 0 Å². The number of ketones is 1. The minimum Gasteiger partial charge on any atom is -0.466 e. The first-order chi connectivity index (χ1) is 8.18. The highest BCUT2D eigenvalue weighted by molar-refractivity contribution is 6.12. The zero-order valence-electron chi connectivity index (χ0n) is 10.0. The quantitative estimate of drug-likeness (QED) is 0.690. The van der Waals surface area contributed by atoms with Crippen LogP contribution < -0.4 is 0 Å². The van der Waals surface area contributed by atoms with Crippen LogP contribution in [0.1, 0.15) is 38.6 Å². The van der Waals surface area contributed by atoms with Crippen LogP contribution in [0.3, 0.4) is 0 Å². The smallest absolute Gasteiger partial charge is 0.197 e. The highest BCUT2D eigenvalue weighted by Crippen LogP contribution is 2.30. The maximum atomic E-state index is 12.5. The van der Waals surface area contributed by atoms with Crippen LogP contribution in [0.15, 0.2) is 28.7 Å². The molecule has 1 heterocycles. The van der Waals surface area contributed by atoms with Gasteiger partial charge in [-0.1, -0.05) is 24.3 Å². The topological polar surface area (TPSA) is 30.2 Å². The number of carbonyl (C=O) groups is 1. The summed E-state index contributed by atoms with van der Waals surface area (Å²) in [5.74, 6) is 1.75. The second-order valence-corrected chi connectivity index (χ2v) is 4.55. The molecule has 0 amide bonds. The fraction of sp³-hybridized carbons (Fsp3) is 0.267. The summed E-state index contributed by atoms with van der Waals surface area (Å²) in [5, 5.41) is 0. The number of fused-ring (bicyclic) bond motifs is 2. The molecule has 2 nitrogen and oxygen atoms in total. The van der Waals surface area contributed by atoms with Crippen LogP contribution in [-0.2, 0) is 12.8 Å². The Labute approximate surface area is 100 Å². The molecular weight excluding hydrogens is 212 g/mol. The third-order valence-corrected chi connectivity index (χ3v) is 3.52. The second kappa shape index (κ2) is 3.59. The van der Waals surface area contributed by atoms with E-state index in [9.17, 15) is 4.79 Å². The molecule has 1 aliphatic rings. The molecule has 1 aliphatic carbocycles. The lowest BCUT2D eigenvalue weighted by Crippen LogP contribution is -2.04. The molecule has 1 aromatic carbocycles. The number of hydrogen-bond acceptors (Lipinski definition) is 2. The Kier molecular flexibility index (Phi) is 2.18. The van der Waals surface area contributed by atoms with E-state index < -0.39 is 0 Å². The van der Waals surface area contributed by atoms with Crippen LogP contribution in [-0.4, -0.2) is 5.78 Å². The zero-order valence-corrected chi connectivity index (χ0v) is 10.0. The zero-order chi connectivity index (χ0) is 12.0. The monoisotopic (exact) mass is 226 g/mol. The molecule has 0 saturated heterocycles. The molecule has 0 unspecified atom stereocenters. The van der Waals surface area contributed by atoms with E-state index in [-0.39, 0.29) is 5.78 Å². The Morgan fingerprint density at radius 1 is 1.06 bits per heavy atom. The van der Waals surface area contributed by atoms with Crippen LogP contribution in [0.4, 0.5) is 0 Å². The lowest BCUT2D eigenvalue weighted by molar-refractivity contribution is 0.103. The molecule has 0 atom stereocenters. The molecule has 1 aromatic heterocycles. The summed E-state index contributed by atoms with van der Waals surface area (Å²) < 4.78 is 5.59. The van der Waals surface area contributed by atoms with Gasteiger partial charge in [-0.25, -0.2) is 0 Å². The van der Waals surface area contributed by atoms with Crippen molar-refractivity contribution >= 4 is 5.78 Å². The van der Waals surface area contributed by atoms with E-state index in [2.05, 4.69) is 0 Å². The van der Waals surface area contributed by atoms with E-state index >= 15 is 0 Å². The van der Waals surface area contributed by atoms with Crippen molar-refractivity contribution in [2.75, 3.05) is 0 Å². The predicted octanol–water partition coefficient (Wildman–Crippen LogP) is 3.23. The molecule has 0 spiro atoms. The standard InChI is InChI=1S/C15H14O2/c1-9-12-8-7-11-5-3-4-6-13(11)15(16)14(12)10(2)17-9/h3-6H,7-8H2,1-2H3. The molecule has 0 bridgehead atoms. The van der Waals surface area contributed by atoms with Gasteiger partial charge in [-0.3, -0.25) is 4.79 Å². The maximum Gasteiger partial charge on any atom is 0.197 e. The van der Waals surface area contributed by atoms with Crippen molar-refractivity contribution < 1.29 is 9.21 Å². The highest BCUT2D eigenvalue weighted by atomic mass is 16.3. The van der Waals surface area contributed by atoms with Gasteiger partial charge in [0.05, 0.1) is 5.56 Å². The molecule has 17 heavy (non-hydrogen) atoms. The fourth-order valence-electron chi connectivity index (χ4n) is 2.68. The minimum absolute atomic E-state index is 0.113. The summed E-state index contributed by atoms with van der Waals surface area (Å²) in [5.41, 5.74) is 3.85. The molecule has 0 aliphatic heterocycles. The molecule has 0 fully saturated rings. The van der Waals surface area contributed by atoms with Crippen molar-refractivity contribution in [2.45, 2.75) is 26.7 Å². The number of furan rings is 1. The van der Waals surface area contributed by atoms with Gasteiger partial charge in [0.25, 0.3) is 0 Å². The lowest BCUT2D eigenvalue weighted by atomic mass is 9.99. The van der Waals surface area contributed by atoms with Gasteiger partial charge in [0.1, 0.15) is 11.5 Å². The van der Waals surface area contributed by atoms with Crippen molar-refractivity contribution in [2.24, 2.45) is 0 Å². The summed E-state index contributed by atoms with van der Waals surface area (Å²) >= 11 is 0. The number of hydrogen-bond donors (Lipinski definition) is 0. The van der Waals surface area contributed by atoms with E-state index in [1.165, 1.54) is 0 Å². The first-order valence-electron chi connectivity index (χ1n) is 5.90. The summed E-state index contributed by atoms with van der Waals surface area (Å²) in [4.78, 5) is 12.5. The number of aryl methyl sites for hydroxylation is 3. The average Bonchev–Trinajstić information content (AvgIpc) is 2.51. The second-order valence-electron chi connectivity index (χ2n) is 4.55. The Bertz CT molecular complexity index is 605. The van der Waals surface area contributed by atoms with Gasteiger partial charge in [0.15, 0.2) is 5.78 Å². The van der Waals surface area contributed by atoms with Crippen molar-refractivity contribution in [3.05, 3.63) is 58.0 Å². The lowest BCUT2D eigenvalue weighted by Gasteiger charge is -2.03. The van der Waals surface area contributed by atoms with Gasteiger partial charge < -0.3 is 4.42 Å². The number of benzene rings is 1. The SMILES string of the molecule is Cc1oc(C)c2c1CCc1ccccc1C2=O. The third-order valence-electron chi connectivity index (χ3n) is 3.52. The Morgan fingerprint density at radius 3 is 2.65 bits per heavy atom. The Balaban J connectivity index is 2.26. The molecular formula is C15H14O2.